The van der Waals surface area contributed by atoms with Gasteiger partial charge in [0.2, 0.25) is 0 Å². The molecule has 2 N–H and O–H groups in total. The number of carbonyl (C=O) groups excluding carboxylic acids is 1. The number of rotatable bonds is 10. The highest BCUT2D eigenvalue weighted by Crippen LogP contribution is 2.39. The summed E-state index contributed by atoms with van der Waals surface area (Å²) >= 11 is 0. The van der Waals surface area contributed by atoms with E-state index in [0.717, 1.165) is 44.0 Å². The Morgan fingerprint density at radius 1 is 0.548 bits per heavy atom. The van der Waals surface area contributed by atoms with Crippen molar-refractivity contribution >= 4 is 38.9 Å². The van der Waals surface area contributed by atoms with Crippen LogP contribution >= 0.6 is 0 Å². The molecule has 0 spiro atoms. The summed E-state index contributed by atoms with van der Waals surface area (Å²) in [4.78, 5) is 13.8. The van der Waals surface area contributed by atoms with Crippen molar-refractivity contribution in [3.8, 4) is 0 Å². The van der Waals surface area contributed by atoms with Gasteiger partial charge in [0.1, 0.15) is 5.92 Å². The Morgan fingerprint density at radius 3 is 1.38 bits per heavy atom. The van der Waals surface area contributed by atoms with Gasteiger partial charge in [-0.05, 0) is 52.1 Å². The molecule has 42 heavy (non-hydrogen) atoms. The SMILES string of the molecule is CCOC(=O)C(c1ccc(NCc2ccccc2)c2ccccc12)c1ccc(NCc2ccccc2)c2ccccc12. The van der Waals surface area contributed by atoms with Crippen molar-refractivity contribution in [2.24, 2.45) is 0 Å². The van der Waals surface area contributed by atoms with E-state index in [-0.39, 0.29) is 5.97 Å². The maximum absolute atomic E-state index is 13.8. The summed E-state index contributed by atoms with van der Waals surface area (Å²) in [5.74, 6) is -0.825. The highest BCUT2D eigenvalue weighted by Gasteiger charge is 2.28. The van der Waals surface area contributed by atoms with E-state index >= 15 is 0 Å². The van der Waals surface area contributed by atoms with Gasteiger partial charge in [-0.25, -0.2) is 0 Å². The van der Waals surface area contributed by atoms with Crippen molar-refractivity contribution in [2.75, 3.05) is 17.2 Å². The van der Waals surface area contributed by atoms with Crippen LogP contribution in [0.1, 0.15) is 35.1 Å². The van der Waals surface area contributed by atoms with E-state index in [2.05, 4.69) is 108 Å². The first-order chi connectivity index (χ1) is 20.7. The number of ether oxygens (including phenoxy) is 1. The minimum absolute atomic E-state index is 0.247. The molecule has 0 aliphatic rings. The lowest BCUT2D eigenvalue weighted by Gasteiger charge is -2.22. The summed E-state index contributed by atoms with van der Waals surface area (Å²) in [6.45, 7) is 3.61. The molecule has 0 aliphatic carbocycles. The predicted molar refractivity (Wildman–Crippen MR) is 174 cm³/mol. The molecule has 4 heteroatoms. The van der Waals surface area contributed by atoms with Crippen LogP contribution in [0.15, 0.2) is 133 Å². The fraction of sp³-hybridized carbons (Fsp3) is 0.132. The quantitative estimate of drug-likeness (QED) is 0.167. The number of nitrogens with one attached hydrogen (secondary N) is 2. The van der Waals surface area contributed by atoms with Gasteiger partial charge in [-0.2, -0.15) is 0 Å². The van der Waals surface area contributed by atoms with Crippen molar-refractivity contribution in [1.29, 1.82) is 0 Å². The van der Waals surface area contributed by atoms with Crippen LogP contribution in [-0.4, -0.2) is 12.6 Å². The number of anilines is 2. The first kappa shape index (κ1) is 27.1. The molecule has 0 aliphatic heterocycles. The molecule has 0 amide bonds. The molecule has 0 radical (unpaired) electrons. The molecule has 0 atom stereocenters. The fourth-order valence-corrected chi connectivity index (χ4v) is 5.69. The van der Waals surface area contributed by atoms with Crippen LogP contribution in [0.25, 0.3) is 21.5 Å². The summed E-state index contributed by atoms with van der Waals surface area (Å²) < 4.78 is 5.71. The summed E-state index contributed by atoms with van der Waals surface area (Å²) in [7, 11) is 0. The van der Waals surface area contributed by atoms with Crippen LogP contribution in [0.4, 0.5) is 11.4 Å². The van der Waals surface area contributed by atoms with E-state index in [1.807, 2.05) is 43.3 Å². The zero-order valence-corrected chi connectivity index (χ0v) is 23.7. The first-order valence-corrected chi connectivity index (χ1v) is 14.5. The van der Waals surface area contributed by atoms with Crippen molar-refractivity contribution in [1.82, 2.24) is 0 Å². The minimum atomic E-state index is -0.578. The fourth-order valence-electron chi connectivity index (χ4n) is 5.69. The third-order valence-corrected chi connectivity index (χ3v) is 7.71. The molecule has 0 fully saturated rings. The second kappa shape index (κ2) is 12.6. The maximum atomic E-state index is 13.8. The standard InChI is InChI=1S/C38H34N2O2/c1-2-42-38(41)37(33-21-23-35(31-19-11-9-17-29(31)33)39-25-27-13-5-3-6-14-27)34-22-24-36(32-20-12-10-18-30(32)34)40-26-28-15-7-4-8-16-28/h3-24,37,39-40H,2,25-26H2,1H3. The van der Waals surface area contributed by atoms with Gasteiger partial charge in [-0.3, -0.25) is 4.79 Å². The predicted octanol–water partition coefficient (Wildman–Crippen LogP) is 8.91. The number of hydrogen-bond acceptors (Lipinski definition) is 4. The molecule has 4 nitrogen and oxygen atoms in total. The third-order valence-electron chi connectivity index (χ3n) is 7.71. The molecule has 0 saturated heterocycles. The molecule has 6 aromatic carbocycles. The van der Waals surface area contributed by atoms with Gasteiger partial charge in [-0.1, -0.05) is 121 Å². The van der Waals surface area contributed by atoms with E-state index in [4.69, 9.17) is 4.74 Å². The molecule has 0 heterocycles. The van der Waals surface area contributed by atoms with Crippen LogP contribution in [-0.2, 0) is 22.6 Å². The summed E-state index contributed by atoms with van der Waals surface area (Å²) in [6.07, 6.45) is 0. The topological polar surface area (TPSA) is 50.4 Å². The minimum Gasteiger partial charge on any atom is -0.465 e. The Bertz CT molecular complexity index is 1690. The average molecular weight is 551 g/mol. The van der Waals surface area contributed by atoms with E-state index in [0.29, 0.717) is 19.7 Å². The van der Waals surface area contributed by atoms with Gasteiger partial charge in [0, 0.05) is 35.2 Å². The van der Waals surface area contributed by atoms with Crippen LogP contribution in [0.5, 0.6) is 0 Å². The maximum Gasteiger partial charge on any atom is 0.317 e. The molecule has 0 bridgehead atoms. The first-order valence-electron chi connectivity index (χ1n) is 14.5. The van der Waals surface area contributed by atoms with E-state index < -0.39 is 5.92 Å². The van der Waals surface area contributed by atoms with E-state index in [1.54, 1.807) is 0 Å². The monoisotopic (exact) mass is 550 g/mol. The van der Waals surface area contributed by atoms with Gasteiger partial charge in [0.15, 0.2) is 0 Å². The molecular formula is C38H34N2O2. The van der Waals surface area contributed by atoms with Gasteiger partial charge in [-0.15, -0.1) is 0 Å². The number of benzene rings is 6. The Hall–Kier alpha value is -5.09. The van der Waals surface area contributed by atoms with Gasteiger partial charge >= 0.3 is 5.97 Å². The van der Waals surface area contributed by atoms with E-state index in [1.165, 1.54) is 11.1 Å². The molecule has 0 unspecified atom stereocenters. The highest BCUT2D eigenvalue weighted by molar-refractivity contribution is 6.03. The number of esters is 1. The molecule has 0 saturated carbocycles. The average Bonchev–Trinajstić information content (AvgIpc) is 3.05. The lowest BCUT2D eigenvalue weighted by Crippen LogP contribution is -2.18. The molecule has 0 aromatic heterocycles. The second-order valence-electron chi connectivity index (χ2n) is 10.4. The van der Waals surface area contributed by atoms with Crippen LogP contribution in [0.2, 0.25) is 0 Å². The van der Waals surface area contributed by atoms with Crippen LogP contribution in [0.3, 0.4) is 0 Å². The Balaban J connectivity index is 1.42. The third kappa shape index (κ3) is 5.70. The van der Waals surface area contributed by atoms with Crippen molar-refractivity contribution in [3.63, 3.8) is 0 Å². The number of fused-ring (bicyclic) bond motifs is 2. The summed E-state index contributed by atoms with van der Waals surface area (Å²) in [5, 5.41) is 11.4. The van der Waals surface area contributed by atoms with Crippen molar-refractivity contribution in [2.45, 2.75) is 25.9 Å². The molecule has 208 valence electrons. The summed E-state index contributed by atoms with van der Waals surface area (Å²) in [5.41, 5.74) is 6.36. The van der Waals surface area contributed by atoms with Gasteiger partial charge in [0.05, 0.1) is 6.61 Å². The largest absolute Gasteiger partial charge is 0.465 e. The highest BCUT2D eigenvalue weighted by atomic mass is 16.5. The Morgan fingerprint density at radius 2 is 0.952 bits per heavy atom. The molecular weight excluding hydrogens is 516 g/mol. The van der Waals surface area contributed by atoms with E-state index in [9.17, 15) is 4.79 Å². The van der Waals surface area contributed by atoms with Crippen molar-refractivity contribution in [3.05, 3.63) is 156 Å². The molecule has 6 rings (SSSR count). The Kier molecular flexibility index (Phi) is 8.14. The van der Waals surface area contributed by atoms with Gasteiger partial charge in [0.25, 0.3) is 0 Å². The lowest BCUT2D eigenvalue weighted by molar-refractivity contribution is -0.143. The Labute approximate surface area is 247 Å². The van der Waals surface area contributed by atoms with Gasteiger partial charge < -0.3 is 15.4 Å². The zero-order chi connectivity index (χ0) is 28.7. The van der Waals surface area contributed by atoms with Crippen molar-refractivity contribution < 1.29 is 9.53 Å². The summed E-state index contributed by atoms with van der Waals surface area (Å²) in [6, 6.07) is 45.6. The van der Waals surface area contributed by atoms with Crippen LogP contribution in [0, 0.1) is 0 Å². The zero-order valence-electron chi connectivity index (χ0n) is 23.7. The molecule has 6 aromatic rings. The number of hydrogen-bond donors (Lipinski definition) is 2. The smallest absolute Gasteiger partial charge is 0.317 e. The lowest BCUT2D eigenvalue weighted by atomic mass is 9.84. The normalized spacial score (nSPS) is 11.1. The second-order valence-corrected chi connectivity index (χ2v) is 10.4. The number of carbonyl (C=O) groups is 1. The van der Waals surface area contributed by atoms with Crippen LogP contribution < -0.4 is 10.6 Å².